The number of carbonyl (C=O) groups excluding carboxylic acids is 6. The molecule has 0 bridgehead atoms. The van der Waals surface area contributed by atoms with Crippen molar-refractivity contribution < 1.29 is 59.7 Å². The van der Waals surface area contributed by atoms with Crippen LogP contribution < -0.4 is 16.0 Å². The van der Waals surface area contributed by atoms with Crippen LogP contribution in [0.4, 0.5) is 5.69 Å². The predicted molar refractivity (Wildman–Crippen MR) is 171 cm³/mol. The Labute approximate surface area is 287 Å². The molecule has 1 aliphatic heterocycles. The summed E-state index contributed by atoms with van der Waals surface area (Å²) in [6, 6.07) is 5.89. The quantitative estimate of drug-likeness (QED) is 0.0804. The minimum absolute atomic E-state index is 0. The summed E-state index contributed by atoms with van der Waals surface area (Å²) in [4.78, 5) is 69.8. The molecule has 2 rings (SSSR count). The summed E-state index contributed by atoms with van der Waals surface area (Å²) in [5.74, 6) is -1.96. The van der Waals surface area contributed by atoms with Crippen LogP contribution in [-0.4, -0.2) is 65.0 Å². The van der Waals surface area contributed by atoms with Crippen LogP contribution in [0, 0.1) is 5.92 Å². The van der Waals surface area contributed by atoms with Gasteiger partial charge in [-0.1, -0.05) is 78.4 Å². The Hall–Kier alpha value is -2.99. The van der Waals surface area contributed by atoms with E-state index in [1.54, 1.807) is 38.1 Å². The van der Waals surface area contributed by atoms with Crippen molar-refractivity contribution in [3.8, 4) is 0 Å². The summed E-state index contributed by atoms with van der Waals surface area (Å²) in [5.41, 5.74) is 1.26. The zero-order valence-corrected chi connectivity index (χ0v) is 31.0. The number of benzene rings is 1. The average molecular weight is 794 g/mol. The molecule has 11 nitrogen and oxygen atoms in total. The molecule has 1 atom stereocenters. The number of nitrogens with zero attached hydrogens (tertiary/aromatic N) is 1. The fourth-order valence-corrected chi connectivity index (χ4v) is 4.02. The largest absolute Gasteiger partial charge is 0.542 e. The number of rotatable bonds is 17. The van der Waals surface area contributed by atoms with Crippen LogP contribution in [0.2, 0.25) is 0 Å². The molecule has 0 aromatic heterocycles. The first-order valence-corrected chi connectivity index (χ1v) is 15.4. The molecule has 1 aromatic rings. The summed E-state index contributed by atoms with van der Waals surface area (Å²) in [6.07, 6.45) is 13.0. The topological polar surface area (TPSA) is 162 Å². The number of hydrogen-bond acceptors (Lipinski definition) is 7. The Morgan fingerprint density at radius 3 is 1.89 bits per heavy atom. The van der Waals surface area contributed by atoms with Gasteiger partial charge in [0, 0.05) is 56.6 Å². The van der Waals surface area contributed by atoms with Crippen molar-refractivity contribution in [2.45, 2.75) is 105 Å². The first-order valence-electron chi connectivity index (χ1n) is 15.4. The van der Waals surface area contributed by atoms with Crippen LogP contribution in [-0.2, 0) is 61.2 Å². The third-order valence-corrected chi connectivity index (χ3v) is 6.50. The summed E-state index contributed by atoms with van der Waals surface area (Å²) in [7, 11) is 0. The van der Waals surface area contributed by atoms with Gasteiger partial charge in [-0.05, 0) is 36.5 Å². The van der Waals surface area contributed by atoms with Gasteiger partial charge in [0.05, 0.1) is 13.2 Å². The molecular formula is C33H51HfN4O7-. The van der Waals surface area contributed by atoms with E-state index >= 15 is 0 Å². The van der Waals surface area contributed by atoms with Crippen molar-refractivity contribution in [1.29, 1.82) is 0 Å². The average Bonchev–Trinajstić information content (AvgIpc) is 3.32. The number of aliphatic hydroxyl groups excluding tert-OH is 1. The Morgan fingerprint density at radius 1 is 0.867 bits per heavy atom. The van der Waals surface area contributed by atoms with Crippen LogP contribution >= 0.6 is 0 Å². The molecule has 12 heteroatoms. The molecule has 1 unspecified atom stereocenters. The van der Waals surface area contributed by atoms with E-state index in [4.69, 9.17) is 9.90 Å². The number of carbonyl (C=O) groups is 5. The molecule has 0 radical (unpaired) electrons. The van der Waals surface area contributed by atoms with E-state index in [0.717, 1.165) is 5.56 Å². The van der Waals surface area contributed by atoms with Crippen molar-refractivity contribution >= 4 is 41.5 Å². The summed E-state index contributed by atoms with van der Waals surface area (Å²) in [5, 5.41) is 17.0. The third-order valence-electron chi connectivity index (χ3n) is 6.50. The molecule has 0 saturated heterocycles. The Balaban J connectivity index is 0. The van der Waals surface area contributed by atoms with E-state index in [-0.39, 0.29) is 69.1 Å². The number of imide groups is 1. The number of aliphatic hydroxyl groups is 1. The van der Waals surface area contributed by atoms with Gasteiger partial charge in [0.15, 0.2) is 0 Å². The standard InChI is InChI=1S/C24H32N4O6.C7H16.C2H3O.Hf/c1-16(2)23(24(34)25-14-20(31)26-18-9-7-17(15-29)8-10-18)27-19(30)6-4-3-5-13-28-21(32)11-12-22(28)33;1-3-5-7-6-4-2;1-2-3;/h7-12,16,23,29H,3-6,13-15H2,1-2H3,(H,25,34)(H,26,31)(H,27,30);3-7H2,1-2H3;1H3;/q;;-1;. The fourth-order valence-electron chi connectivity index (χ4n) is 4.02. The van der Waals surface area contributed by atoms with Gasteiger partial charge in [-0.2, -0.15) is 6.92 Å². The number of anilines is 1. The van der Waals surface area contributed by atoms with E-state index in [1.807, 2.05) is 0 Å². The predicted octanol–water partition coefficient (Wildman–Crippen LogP) is 3.95. The maximum absolute atomic E-state index is 12.5. The second-order valence-electron chi connectivity index (χ2n) is 10.6. The number of nitrogens with one attached hydrogen (secondary N) is 3. The van der Waals surface area contributed by atoms with Crippen molar-refractivity contribution in [2.24, 2.45) is 5.92 Å². The number of amides is 5. The molecule has 5 amide bonds. The minimum Gasteiger partial charge on any atom is -0.542 e. The monoisotopic (exact) mass is 795 g/mol. The van der Waals surface area contributed by atoms with Gasteiger partial charge < -0.3 is 25.9 Å². The van der Waals surface area contributed by atoms with E-state index in [0.29, 0.717) is 31.5 Å². The van der Waals surface area contributed by atoms with E-state index in [9.17, 15) is 24.0 Å². The Bertz CT molecular complexity index is 1040. The zero-order chi connectivity index (χ0) is 33.3. The number of hydrogen-bond donors (Lipinski definition) is 4. The number of unbranched alkanes of at least 4 members (excludes halogenated alkanes) is 6. The second kappa shape index (κ2) is 27.3. The van der Waals surface area contributed by atoms with Crippen LogP contribution in [0.15, 0.2) is 36.4 Å². The van der Waals surface area contributed by atoms with Gasteiger partial charge in [-0.3, -0.25) is 35.2 Å². The van der Waals surface area contributed by atoms with Gasteiger partial charge in [0.1, 0.15) is 6.04 Å². The van der Waals surface area contributed by atoms with E-state index in [2.05, 4.69) is 29.8 Å². The molecule has 0 saturated carbocycles. The van der Waals surface area contributed by atoms with Crippen molar-refractivity contribution in [1.82, 2.24) is 15.5 Å². The summed E-state index contributed by atoms with van der Waals surface area (Å²) >= 11 is 0. The van der Waals surface area contributed by atoms with Crippen LogP contribution in [0.3, 0.4) is 0 Å². The van der Waals surface area contributed by atoms with Gasteiger partial charge in [0.2, 0.25) is 17.7 Å². The summed E-state index contributed by atoms with van der Waals surface area (Å²) < 4.78 is 0. The Kier molecular flexibility index (Phi) is 26.8. The molecule has 0 spiro atoms. The molecule has 4 N–H and O–H groups in total. The first-order chi connectivity index (χ1) is 21.0. The zero-order valence-electron chi connectivity index (χ0n) is 27.4. The molecule has 1 aromatic carbocycles. The van der Waals surface area contributed by atoms with Crippen LogP contribution in [0.5, 0.6) is 0 Å². The molecule has 0 fully saturated rings. The molecule has 1 aliphatic rings. The van der Waals surface area contributed by atoms with Crippen LogP contribution in [0.25, 0.3) is 0 Å². The second-order valence-corrected chi connectivity index (χ2v) is 10.6. The molecule has 250 valence electrons. The van der Waals surface area contributed by atoms with Gasteiger partial charge in [-0.15, -0.1) is 0 Å². The SMILES string of the molecule is CC(C)C(NC(=O)CCCCCN1C(=O)C=CC1=O)C(=O)NCC(=O)Nc1ccc(CO)cc1.CCCCCCC.C[C-]=O.[Hf]. The van der Waals surface area contributed by atoms with E-state index < -0.39 is 17.9 Å². The Morgan fingerprint density at radius 2 is 1.40 bits per heavy atom. The molecule has 45 heavy (non-hydrogen) atoms. The molecule has 1 heterocycles. The molecule has 0 aliphatic carbocycles. The minimum atomic E-state index is -0.782. The maximum Gasteiger partial charge on any atom is 0.253 e. The maximum atomic E-state index is 12.5. The van der Waals surface area contributed by atoms with Crippen molar-refractivity contribution in [3.05, 3.63) is 42.0 Å². The smallest absolute Gasteiger partial charge is 0.253 e. The van der Waals surface area contributed by atoms with Gasteiger partial charge in [0.25, 0.3) is 11.8 Å². The normalized spacial score (nSPS) is 12.2. The van der Waals surface area contributed by atoms with Crippen molar-refractivity contribution in [3.63, 3.8) is 0 Å². The molecular weight excluding hydrogens is 743 g/mol. The van der Waals surface area contributed by atoms with Crippen molar-refractivity contribution in [2.75, 3.05) is 18.4 Å². The van der Waals surface area contributed by atoms with Gasteiger partial charge >= 0.3 is 0 Å². The van der Waals surface area contributed by atoms with E-state index in [1.165, 1.54) is 62.4 Å². The third kappa shape index (κ3) is 20.6. The first kappa shape index (κ1) is 44.1. The summed E-state index contributed by atoms with van der Waals surface area (Å²) in [6.45, 7) is 9.38. The fraction of sp³-hybridized carbons (Fsp3) is 0.576. The van der Waals surface area contributed by atoms with Crippen LogP contribution in [0.1, 0.15) is 98.0 Å². The van der Waals surface area contributed by atoms with Gasteiger partial charge in [-0.25, -0.2) is 0 Å².